The Morgan fingerprint density at radius 1 is 0.722 bits per heavy atom. The Bertz CT molecular complexity index is 1550. The highest BCUT2D eigenvalue weighted by atomic mass is 19.4. The third kappa shape index (κ3) is 4.81. The van der Waals surface area contributed by atoms with E-state index in [1.54, 1.807) is 24.3 Å². The molecule has 0 aliphatic heterocycles. The van der Waals surface area contributed by atoms with Gasteiger partial charge in [-0.2, -0.15) is 23.4 Å². The molecule has 4 aromatic carbocycles. The number of azo groups is 1. The van der Waals surface area contributed by atoms with Crippen LogP contribution < -0.4 is 5.56 Å². The van der Waals surface area contributed by atoms with E-state index in [0.717, 1.165) is 17.2 Å². The number of aromatic amines is 1. The first-order valence-electron chi connectivity index (χ1n) is 11.2. The van der Waals surface area contributed by atoms with Gasteiger partial charge >= 0.3 is 6.18 Å². The average Bonchev–Trinajstić information content (AvgIpc) is 2.90. The molecule has 5 aromatic rings. The van der Waals surface area contributed by atoms with E-state index in [0.29, 0.717) is 16.5 Å². The second-order valence-corrected chi connectivity index (χ2v) is 8.27. The first-order valence-corrected chi connectivity index (χ1v) is 11.2. The molecule has 1 heterocycles. The summed E-state index contributed by atoms with van der Waals surface area (Å²) < 4.78 is 40.4. The van der Waals surface area contributed by atoms with Crippen molar-refractivity contribution < 1.29 is 13.2 Å². The number of fused-ring (bicyclic) bond motifs is 1. The van der Waals surface area contributed by atoms with Crippen molar-refractivity contribution in [1.82, 2.24) is 4.98 Å². The summed E-state index contributed by atoms with van der Waals surface area (Å²) in [6.07, 6.45) is -4.54. The van der Waals surface area contributed by atoms with Gasteiger partial charge in [0.2, 0.25) is 0 Å². The molecule has 178 valence electrons. The van der Waals surface area contributed by atoms with Gasteiger partial charge in [-0.05, 0) is 40.8 Å². The Morgan fingerprint density at radius 2 is 1.33 bits per heavy atom. The Kier molecular flexibility index (Phi) is 6.21. The minimum atomic E-state index is -4.54. The largest absolute Gasteiger partial charge is 0.417 e. The Morgan fingerprint density at radius 3 is 1.97 bits per heavy atom. The lowest BCUT2D eigenvalue weighted by molar-refractivity contribution is -0.137. The second kappa shape index (κ2) is 9.62. The first kappa shape index (κ1) is 23.2. The van der Waals surface area contributed by atoms with Crippen LogP contribution in [0.2, 0.25) is 0 Å². The maximum atomic E-state index is 13.5. The van der Waals surface area contributed by atoms with Gasteiger partial charge in [-0.3, -0.25) is 4.79 Å². The van der Waals surface area contributed by atoms with E-state index in [1.807, 2.05) is 60.7 Å². The van der Waals surface area contributed by atoms with Gasteiger partial charge < -0.3 is 4.98 Å². The van der Waals surface area contributed by atoms with Crippen molar-refractivity contribution in [3.8, 4) is 11.3 Å². The van der Waals surface area contributed by atoms with Crippen molar-refractivity contribution >= 4 is 16.5 Å². The normalized spacial score (nSPS) is 12.0. The highest BCUT2D eigenvalue weighted by molar-refractivity contribution is 5.87. The van der Waals surface area contributed by atoms with Gasteiger partial charge in [-0.15, -0.1) is 0 Å². The minimum absolute atomic E-state index is 0.0821. The van der Waals surface area contributed by atoms with Gasteiger partial charge in [0.25, 0.3) is 5.56 Å². The predicted molar refractivity (Wildman–Crippen MR) is 134 cm³/mol. The van der Waals surface area contributed by atoms with Crippen molar-refractivity contribution in [2.45, 2.75) is 12.2 Å². The van der Waals surface area contributed by atoms with Crippen LogP contribution in [-0.2, 0) is 6.18 Å². The number of H-pyrrole nitrogens is 1. The molecule has 0 radical (unpaired) electrons. The van der Waals surface area contributed by atoms with Crippen LogP contribution in [0.1, 0.15) is 22.7 Å². The van der Waals surface area contributed by atoms with Crippen molar-refractivity contribution in [3.05, 3.63) is 136 Å². The molecule has 0 saturated heterocycles. The number of aromatic nitrogens is 1. The minimum Gasteiger partial charge on any atom is -0.321 e. The highest BCUT2D eigenvalue weighted by Gasteiger charge is 2.33. The predicted octanol–water partition coefficient (Wildman–Crippen LogP) is 8.09. The maximum absolute atomic E-state index is 13.5. The van der Waals surface area contributed by atoms with Crippen LogP contribution in [0.3, 0.4) is 0 Å². The number of rotatable bonds is 5. The zero-order valence-electron chi connectivity index (χ0n) is 18.9. The lowest BCUT2D eigenvalue weighted by Gasteiger charge is -2.13. The molecule has 0 saturated carbocycles. The van der Waals surface area contributed by atoms with E-state index >= 15 is 0 Å². The third-order valence-electron chi connectivity index (χ3n) is 5.87. The van der Waals surface area contributed by atoms with E-state index in [1.165, 1.54) is 18.2 Å². The number of hydrogen-bond acceptors (Lipinski definition) is 3. The van der Waals surface area contributed by atoms with Crippen LogP contribution in [0.4, 0.5) is 18.9 Å². The van der Waals surface area contributed by atoms with Gasteiger partial charge in [0.1, 0.15) is 6.04 Å². The number of hydrogen-bond donors (Lipinski definition) is 1. The number of alkyl halides is 3. The second-order valence-electron chi connectivity index (χ2n) is 8.27. The average molecular weight is 483 g/mol. The van der Waals surface area contributed by atoms with E-state index in [4.69, 9.17) is 0 Å². The fraction of sp³-hybridized carbons (Fsp3) is 0.0690. The van der Waals surface area contributed by atoms with Crippen LogP contribution in [-0.4, -0.2) is 4.98 Å². The van der Waals surface area contributed by atoms with Crippen molar-refractivity contribution in [2.24, 2.45) is 10.2 Å². The molecule has 0 atom stereocenters. The monoisotopic (exact) mass is 483 g/mol. The number of halogens is 3. The van der Waals surface area contributed by atoms with Gasteiger partial charge in [0, 0.05) is 16.6 Å². The molecule has 4 nitrogen and oxygen atoms in total. The number of nitrogens with one attached hydrogen (secondary N) is 1. The maximum Gasteiger partial charge on any atom is 0.417 e. The summed E-state index contributed by atoms with van der Waals surface area (Å²) in [6.45, 7) is 0. The molecule has 0 amide bonds. The zero-order chi connectivity index (χ0) is 25.1. The molecule has 7 heteroatoms. The summed E-state index contributed by atoms with van der Waals surface area (Å²) in [7, 11) is 0. The van der Waals surface area contributed by atoms with E-state index in [-0.39, 0.29) is 17.3 Å². The number of benzene rings is 4. The standard InChI is InChI=1S/C29H20F3N3O/c30-29(31,32)25-14-8-7-13-23(25)26-17-21-15-16-22(18-24(21)28(36)33-26)34-35-27(19-9-3-1-4-10-19)20-11-5-2-6-12-20/h1-18,27H,(H,33,36). The van der Waals surface area contributed by atoms with Gasteiger partial charge in [0.05, 0.1) is 11.3 Å². The SMILES string of the molecule is O=c1[nH]c(-c2ccccc2C(F)(F)F)cc2ccc(N=NC(c3ccccc3)c3ccccc3)cc12. The highest BCUT2D eigenvalue weighted by Crippen LogP contribution is 2.37. The molecule has 5 rings (SSSR count). The molecule has 36 heavy (non-hydrogen) atoms. The quantitative estimate of drug-likeness (QED) is 0.252. The van der Waals surface area contributed by atoms with Crippen LogP contribution in [0.25, 0.3) is 22.0 Å². The Labute approximate surface area is 204 Å². The summed E-state index contributed by atoms with van der Waals surface area (Å²) in [5.74, 6) is 0. The summed E-state index contributed by atoms with van der Waals surface area (Å²) in [6, 6.07) is 30.8. The molecule has 0 spiro atoms. The smallest absolute Gasteiger partial charge is 0.321 e. The first-order chi connectivity index (χ1) is 17.4. The lowest BCUT2D eigenvalue weighted by Crippen LogP contribution is -2.11. The fourth-order valence-corrected chi connectivity index (χ4v) is 4.14. The Balaban J connectivity index is 1.53. The van der Waals surface area contributed by atoms with Crippen molar-refractivity contribution in [3.63, 3.8) is 0 Å². The number of pyridine rings is 1. The molecule has 0 bridgehead atoms. The van der Waals surface area contributed by atoms with Crippen LogP contribution in [0.15, 0.2) is 124 Å². The zero-order valence-corrected chi connectivity index (χ0v) is 18.9. The summed E-state index contributed by atoms with van der Waals surface area (Å²) in [4.78, 5) is 15.5. The third-order valence-corrected chi connectivity index (χ3v) is 5.87. The Hall–Kier alpha value is -4.52. The lowest BCUT2D eigenvalue weighted by atomic mass is 10.00. The van der Waals surface area contributed by atoms with Crippen molar-refractivity contribution in [2.75, 3.05) is 0 Å². The number of nitrogens with zero attached hydrogens (tertiary/aromatic N) is 2. The summed E-state index contributed by atoms with van der Waals surface area (Å²) in [5.41, 5.74) is 1.12. The molecule has 1 N–H and O–H groups in total. The van der Waals surface area contributed by atoms with Gasteiger partial charge in [-0.25, -0.2) is 0 Å². The van der Waals surface area contributed by atoms with Crippen LogP contribution >= 0.6 is 0 Å². The molecule has 0 unspecified atom stereocenters. The molecule has 0 aliphatic carbocycles. The fourth-order valence-electron chi connectivity index (χ4n) is 4.14. The van der Waals surface area contributed by atoms with Crippen molar-refractivity contribution in [1.29, 1.82) is 0 Å². The van der Waals surface area contributed by atoms with Gasteiger partial charge in [0.15, 0.2) is 0 Å². The topological polar surface area (TPSA) is 57.6 Å². The molecule has 0 fully saturated rings. The van der Waals surface area contributed by atoms with Gasteiger partial charge in [-0.1, -0.05) is 84.9 Å². The molecular weight excluding hydrogens is 463 g/mol. The molecule has 0 aliphatic rings. The van der Waals surface area contributed by atoms with Crippen LogP contribution in [0, 0.1) is 0 Å². The van der Waals surface area contributed by atoms with E-state index < -0.39 is 17.3 Å². The molecule has 1 aromatic heterocycles. The summed E-state index contributed by atoms with van der Waals surface area (Å²) in [5, 5.41) is 9.79. The van der Waals surface area contributed by atoms with E-state index in [9.17, 15) is 18.0 Å². The summed E-state index contributed by atoms with van der Waals surface area (Å²) >= 11 is 0. The van der Waals surface area contributed by atoms with Crippen LogP contribution in [0.5, 0.6) is 0 Å². The van der Waals surface area contributed by atoms with E-state index in [2.05, 4.69) is 15.2 Å². The molecular formula is C29H20F3N3O.